The fourth-order valence-corrected chi connectivity index (χ4v) is 4.44. The third-order valence-electron chi connectivity index (χ3n) is 5.73. The molecule has 3 aromatic heterocycles. The van der Waals surface area contributed by atoms with Crippen LogP contribution in [0.3, 0.4) is 0 Å². The van der Waals surface area contributed by atoms with Crippen molar-refractivity contribution in [1.29, 1.82) is 0 Å². The van der Waals surface area contributed by atoms with Gasteiger partial charge < -0.3 is 10.2 Å². The molecule has 1 aliphatic heterocycles. The smallest absolute Gasteiger partial charge is 0.269 e. The van der Waals surface area contributed by atoms with Crippen molar-refractivity contribution in [3.8, 4) is 0 Å². The number of aromatic nitrogens is 5. The highest BCUT2D eigenvalue weighted by atomic mass is 32.2. The van der Waals surface area contributed by atoms with Crippen molar-refractivity contribution in [2.45, 2.75) is 31.0 Å². The van der Waals surface area contributed by atoms with Crippen molar-refractivity contribution >= 4 is 45.4 Å². The van der Waals surface area contributed by atoms with Gasteiger partial charge in [0.2, 0.25) is 0 Å². The van der Waals surface area contributed by atoms with Gasteiger partial charge in [0.15, 0.2) is 10.8 Å². The lowest BCUT2D eigenvalue weighted by Gasteiger charge is -2.28. The second kappa shape index (κ2) is 9.12. The summed E-state index contributed by atoms with van der Waals surface area (Å²) in [6.07, 6.45) is 7.46. The Morgan fingerprint density at radius 2 is 1.91 bits per heavy atom. The number of hydrogen-bond donors (Lipinski definition) is 1. The van der Waals surface area contributed by atoms with Crippen LogP contribution in [0.25, 0.3) is 21.9 Å². The molecule has 32 heavy (non-hydrogen) atoms. The molecule has 0 radical (unpaired) electrons. The maximum atomic E-state index is 12.6. The molecule has 1 amide bonds. The summed E-state index contributed by atoms with van der Waals surface area (Å²) in [5, 5.41) is 10.2. The first-order valence-corrected chi connectivity index (χ1v) is 12.1. The Hall–Kier alpha value is -3.20. The van der Waals surface area contributed by atoms with Crippen molar-refractivity contribution in [3.63, 3.8) is 0 Å². The number of carbonyl (C=O) groups is 1. The maximum Gasteiger partial charge on any atom is 0.269 e. The molecule has 1 aliphatic rings. The van der Waals surface area contributed by atoms with E-state index in [1.165, 1.54) is 31.0 Å². The minimum atomic E-state index is -0.194. The normalized spacial score (nSPS) is 14.2. The van der Waals surface area contributed by atoms with Crippen molar-refractivity contribution in [2.24, 2.45) is 0 Å². The summed E-state index contributed by atoms with van der Waals surface area (Å²) in [6.45, 7) is 2.98. The van der Waals surface area contributed by atoms with Gasteiger partial charge in [-0.15, -0.1) is 0 Å². The summed E-state index contributed by atoms with van der Waals surface area (Å²) >= 11 is 1.53. The first-order valence-electron chi connectivity index (χ1n) is 10.9. The van der Waals surface area contributed by atoms with Crippen LogP contribution in [-0.4, -0.2) is 56.5 Å². The second-order valence-electron chi connectivity index (χ2n) is 7.83. The number of anilines is 1. The van der Waals surface area contributed by atoms with E-state index < -0.39 is 0 Å². The van der Waals surface area contributed by atoms with E-state index in [1.54, 1.807) is 6.07 Å². The highest BCUT2D eigenvalue weighted by molar-refractivity contribution is 7.98. The van der Waals surface area contributed by atoms with Gasteiger partial charge in [0.1, 0.15) is 11.5 Å². The highest BCUT2D eigenvalue weighted by Gasteiger charge is 2.19. The predicted molar refractivity (Wildman–Crippen MR) is 127 cm³/mol. The molecule has 164 valence electrons. The molecule has 1 saturated heterocycles. The molecular weight excluding hydrogens is 422 g/mol. The number of para-hydroxylation sites is 1. The number of nitrogens with zero attached hydrogens (tertiary/aromatic N) is 6. The molecule has 5 rings (SSSR count). The molecule has 0 bridgehead atoms. The average molecular weight is 448 g/mol. The Bertz CT molecular complexity index is 1270. The van der Waals surface area contributed by atoms with Crippen LogP contribution < -0.4 is 10.2 Å². The average Bonchev–Trinajstić information content (AvgIpc) is 3.26. The second-order valence-corrected chi connectivity index (χ2v) is 8.61. The monoisotopic (exact) mass is 447 g/mol. The van der Waals surface area contributed by atoms with Gasteiger partial charge in [-0.25, -0.2) is 19.6 Å². The quantitative estimate of drug-likeness (QED) is 0.357. The standard InChI is InChI=1S/C23H25N7OS/c1-32-23-27-20(29-12-5-2-6-13-29)17-15-25-30(21(17)28-23)14-11-24-22(31)19-10-9-16-7-3-4-8-18(16)26-19/h3-4,7-10,15H,2,5-6,11-14H2,1H3,(H,24,31). The van der Waals surface area contributed by atoms with Gasteiger partial charge in [-0.1, -0.05) is 36.0 Å². The number of nitrogens with one attached hydrogen (secondary N) is 1. The minimum absolute atomic E-state index is 0.194. The maximum absolute atomic E-state index is 12.6. The van der Waals surface area contributed by atoms with Crippen LogP contribution in [0, 0.1) is 0 Å². The number of benzene rings is 1. The number of hydrogen-bond acceptors (Lipinski definition) is 7. The molecular formula is C23H25N7OS. The van der Waals surface area contributed by atoms with Gasteiger partial charge >= 0.3 is 0 Å². The van der Waals surface area contributed by atoms with E-state index in [4.69, 9.17) is 9.97 Å². The summed E-state index contributed by atoms with van der Waals surface area (Å²) in [5.41, 5.74) is 2.03. The number of pyridine rings is 1. The van der Waals surface area contributed by atoms with E-state index in [1.807, 2.05) is 47.5 Å². The predicted octanol–water partition coefficient (Wildman–Crippen LogP) is 3.52. The van der Waals surface area contributed by atoms with E-state index in [2.05, 4.69) is 20.3 Å². The Kier molecular flexibility index (Phi) is 5.89. The molecule has 1 aromatic carbocycles. The Morgan fingerprint density at radius 3 is 2.75 bits per heavy atom. The molecule has 4 aromatic rings. The summed E-state index contributed by atoms with van der Waals surface area (Å²) in [7, 11) is 0. The number of amides is 1. The van der Waals surface area contributed by atoms with E-state index >= 15 is 0 Å². The minimum Gasteiger partial charge on any atom is -0.356 e. The van der Waals surface area contributed by atoms with Gasteiger partial charge in [0.05, 0.1) is 23.6 Å². The van der Waals surface area contributed by atoms with Gasteiger partial charge in [-0.2, -0.15) is 5.10 Å². The van der Waals surface area contributed by atoms with E-state index in [0.717, 1.165) is 46.0 Å². The first-order chi connectivity index (χ1) is 15.7. The van der Waals surface area contributed by atoms with Crippen molar-refractivity contribution in [2.75, 3.05) is 30.8 Å². The molecule has 4 heterocycles. The van der Waals surface area contributed by atoms with Crippen LogP contribution in [-0.2, 0) is 6.54 Å². The summed E-state index contributed by atoms with van der Waals surface area (Å²) < 4.78 is 1.85. The van der Waals surface area contributed by atoms with Crippen molar-refractivity contribution < 1.29 is 4.79 Å². The summed E-state index contributed by atoms with van der Waals surface area (Å²) in [4.78, 5) is 28.9. The molecule has 0 unspecified atom stereocenters. The number of thioether (sulfide) groups is 1. The lowest BCUT2D eigenvalue weighted by molar-refractivity contribution is 0.0947. The topological polar surface area (TPSA) is 88.8 Å². The number of carbonyl (C=O) groups excluding carboxylic acids is 1. The fraction of sp³-hybridized carbons (Fsp3) is 0.348. The summed E-state index contributed by atoms with van der Waals surface area (Å²) in [5.74, 6) is 0.773. The molecule has 1 fully saturated rings. The molecule has 1 N–H and O–H groups in total. The Labute approximate surface area is 190 Å². The van der Waals surface area contributed by atoms with E-state index in [0.29, 0.717) is 18.8 Å². The zero-order valence-electron chi connectivity index (χ0n) is 18.0. The molecule has 0 atom stereocenters. The van der Waals surface area contributed by atoms with Crippen LogP contribution in [0.5, 0.6) is 0 Å². The Morgan fingerprint density at radius 1 is 1.06 bits per heavy atom. The molecule has 0 saturated carbocycles. The highest BCUT2D eigenvalue weighted by Crippen LogP contribution is 2.28. The van der Waals surface area contributed by atoms with Crippen molar-refractivity contribution in [3.05, 3.63) is 48.3 Å². The van der Waals surface area contributed by atoms with Gasteiger partial charge in [0, 0.05) is 25.0 Å². The van der Waals surface area contributed by atoms with Crippen molar-refractivity contribution in [1.82, 2.24) is 30.0 Å². The third kappa shape index (κ3) is 4.12. The lowest BCUT2D eigenvalue weighted by Crippen LogP contribution is -2.30. The van der Waals surface area contributed by atoms with Crippen LogP contribution in [0.15, 0.2) is 47.8 Å². The van der Waals surface area contributed by atoms with E-state index in [-0.39, 0.29) is 5.91 Å². The zero-order valence-corrected chi connectivity index (χ0v) is 18.8. The van der Waals surface area contributed by atoms with Crippen LogP contribution in [0.2, 0.25) is 0 Å². The number of rotatable bonds is 6. The van der Waals surface area contributed by atoms with Gasteiger partial charge in [0.25, 0.3) is 5.91 Å². The Balaban J connectivity index is 1.32. The largest absolute Gasteiger partial charge is 0.356 e. The van der Waals surface area contributed by atoms with Crippen LogP contribution >= 0.6 is 11.8 Å². The first kappa shape index (κ1) is 20.7. The molecule has 0 spiro atoms. The molecule has 8 nitrogen and oxygen atoms in total. The van der Waals surface area contributed by atoms with Gasteiger partial charge in [-0.3, -0.25) is 4.79 Å². The van der Waals surface area contributed by atoms with E-state index in [9.17, 15) is 4.79 Å². The van der Waals surface area contributed by atoms with Gasteiger partial charge in [-0.05, 0) is 37.7 Å². The fourth-order valence-electron chi connectivity index (χ4n) is 4.08. The number of piperidine rings is 1. The zero-order chi connectivity index (χ0) is 21.9. The SMILES string of the molecule is CSc1nc(N2CCCCC2)c2cnn(CCNC(=O)c3ccc4ccccc4n3)c2n1. The van der Waals surface area contributed by atoms with Crippen LogP contribution in [0.4, 0.5) is 5.82 Å². The van der Waals surface area contributed by atoms with Crippen LogP contribution in [0.1, 0.15) is 29.8 Å². The molecule has 9 heteroatoms. The number of fused-ring (bicyclic) bond motifs is 2. The third-order valence-corrected chi connectivity index (χ3v) is 6.28. The molecule has 0 aliphatic carbocycles. The lowest BCUT2D eigenvalue weighted by atomic mass is 10.1. The summed E-state index contributed by atoms with van der Waals surface area (Å²) in [6, 6.07) is 11.4.